The highest BCUT2D eigenvalue weighted by Crippen LogP contribution is 2.30. The van der Waals surface area contributed by atoms with Gasteiger partial charge in [-0.1, -0.05) is 6.07 Å². The Morgan fingerprint density at radius 1 is 1.24 bits per heavy atom. The molecule has 110 valence electrons. The molecule has 0 atom stereocenters. The standard InChI is InChI=1S/C16H15BrO4/c1-10-7-11(16(18)19)3-4-12(10)9-21-15-6-5-13(20-2)8-14(15)17/h3-8H,9H2,1-2H3,(H,18,19). The fraction of sp³-hybridized carbons (Fsp3) is 0.188. The third kappa shape index (κ3) is 3.76. The van der Waals surface area contributed by atoms with E-state index in [4.69, 9.17) is 14.6 Å². The summed E-state index contributed by atoms with van der Waals surface area (Å²) in [6, 6.07) is 10.5. The first kappa shape index (κ1) is 15.4. The van der Waals surface area contributed by atoms with Gasteiger partial charge >= 0.3 is 5.97 Å². The Kier molecular flexibility index (Phi) is 4.85. The number of ether oxygens (including phenoxy) is 2. The average molecular weight is 351 g/mol. The molecule has 0 aliphatic carbocycles. The number of aryl methyl sites for hydroxylation is 1. The zero-order chi connectivity index (χ0) is 15.4. The van der Waals surface area contributed by atoms with Crippen molar-refractivity contribution < 1.29 is 19.4 Å². The van der Waals surface area contributed by atoms with Crippen LogP contribution in [0.15, 0.2) is 40.9 Å². The Balaban J connectivity index is 2.11. The number of halogens is 1. The largest absolute Gasteiger partial charge is 0.497 e. The molecule has 5 heteroatoms. The van der Waals surface area contributed by atoms with Gasteiger partial charge in [-0.15, -0.1) is 0 Å². The topological polar surface area (TPSA) is 55.8 Å². The van der Waals surface area contributed by atoms with Gasteiger partial charge in [0, 0.05) is 0 Å². The molecular formula is C16H15BrO4. The summed E-state index contributed by atoms with van der Waals surface area (Å²) >= 11 is 3.43. The number of hydrogen-bond acceptors (Lipinski definition) is 3. The summed E-state index contributed by atoms with van der Waals surface area (Å²) in [5.41, 5.74) is 2.11. The fourth-order valence-corrected chi connectivity index (χ4v) is 2.34. The molecule has 0 bridgehead atoms. The van der Waals surface area contributed by atoms with Gasteiger partial charge in [-0.25, -0.2) is 4.79 Å². The zero-order valence-corrected chi connectivity index (χ0v) is 13.3. The average Bonchev–Trinajstić information content (AvgIpc) is 2.46. The van der Waals surface area contributed by atoms with Crippen LogP contribution in [0, 0.1) is 6.92 Å². The van der Waals surface area contributed by atoms with E-state index in [0.717, 1.165) is 21.3 Å². The maximum atomic E-state index is 10.9. The van der Waals surface area contributed by atoms with Crippen molar-refractivity contribution in [2.24, 2.45) is 0 Å². The molecule has 0 amide bonds. The third-order valence-corrected chi connectivity index (χ3v) is 3.73. The Labute approximate surface area is 131 Å². The number of carbonyl (C=O) groups is 1. The monoisotopic (exact) mass is 350 g/mol. The van der Waals surface area contributed by atoms with E-state index in [-0.39, 0.29) is 5.56 Å². The van der Waals surface area contributed by atoms with Gasteiger partial charge in [-0.3, -0.25) is 0 Å². The molecule has 0 aliphatic rings. The molecule has 0 aromatic heterocycles. The molecule has 0 saturated heterocycles. The second-order valence-corrected chi connectivity index (χ2v) is 5.39. The van der Waals surface area contributed by atoms with Crippen LogP contribution in [0.5, 0.6) is 11.5 Å². The van der Waals surface area contributed by atoms with Crippen LogP contribution >= 0.6 is 15.9 Å². The first-order valence-electron chi connectivity index (χ1n) is 6.30. The van der Waals surface area contributed by atoms with Gasteiger partial charge in [-0.2, -0.15) is 0 Å². The molecule has 2 aromatic carbocycles. The van der Waals surface area contributed by atoms with E-state index >= 15 is 0 Å². The lowest BCUT2D eigenvalue weighted by Crippen LogP contribution is -2.02. The molecule has 0 unspecified atom stereocenters. The van der Waals surface area contributed by atoms with Crippen molar-refractivity contribution in [1.82, 2.24) is 0 Å². The van der Waals surface area contributed by atoms with Crippen molar-refractivity contribution in [3.05, 3.63) is 57.6 Å². The minimum atomic E-state index is -0.927. The third-order valence-electron chi connectivity index (χ3n) is 3.11. The van der Waals surface area contributed by atoms with Crippen LogP contribution < -0.4 is 9.47 Å². The highest BCUT2D eigenvalue weighted by Gasteiger charge is 2.08. The van der Waals surface area contributed by atoms with Gasteiger partial charge in [0.05, 0.1) is 17.1 Å². The number of carboxylic acids is 1. The Hall–Kier alpha value is -2.01. The summed E-state index contributed by atoms with van der Waals surface area (Å²) in [6.07, 6.45) is 0. The lowest BCUT2D eigenvalue weighted by molar-refractivity contribution is 0.0696. The van der Waals surface area contributed by atoms with E-state index in [0.29, 0.717) is 12.4 Å². The van der Waals surface area contributed by atoms with Gasteiger partial charge in [0.15, 0.2) is 0 Å². The summed E-state index contributed by atoms with van der Waals surface area (Å²) in [7, 11) is 1.61. The van der Waals surface area contributed by atoms with E-state index in [9.17, 15) is 4.79 Å². The summed E-state index contributed by atoms with van der Waals surface area (Å²) < 4.78 is 11.7. The zero-order valence-electron chi connectivity index (χ0n) is 11.7. The number of aromatic carboxylic acids is 1. The molecule has 1 N–H and O–H groups in total. The maximum absolute atomic E-state index is 10.9. The van der Waals surface area contributed by atoms with Crippen LogP contribution in [0.3, 0.4) is 0 Å². The van der Waals surface area contributed by atoms with Crippen LogP contribution in [0.4, 0.5) is 0 Å². The molecule has 0 saturated carbocycles. The Bertz CT molecular complexity index is 667. The molecule has 2 aromatic rings. The fourth-order valence-electron chi connectivity index (χ4n) is 1.87. The van der Waals surface area contributed by atoms with Crippen LogP contribution in [-0.4, -0.2) is 18.2 Å². The lowest BCUT2D eigenvalue weighted by atomic mass is 10.1. The van der Waals surface area contributed by atoms with Crippen molar-refractivity contribution in [2.45, 2.75) is 13.5 Å². The number of hydrogen-bond donors (Lipinski definition) is 1. The second-order valence-electron chi connectivity index (χ2n) is 4.53. The highest BCUT2D eigenvalue weighted by molar-refractivity contribution is 9.10. The summed E-state index contributed by atoms with van der Waals surface area (Å²) in [6.45, 7) is 2.24. The summed E-state index contributed by atoms with van der Waals surface area (Å²) in [5, 5.41) is 8.94. The van der Waals surface area contributed by atoms with Crippen molar-refractivity contribution >= 4 is 21.9 Å². The highest BCUT2D eigenvalue weighted by atomic mass is 79.9. The Morgan fingerprint density at radius 2 is 2.00 bits per heavy atom. The second kappa shape index (κ2) is 6.63. The van der Waals surface area contributed by atoms with Crippen LogP contribution in [0.25, 0.3) is 0 Å². The van der Waals surface area contributed by atoms with Crippen molar-refractivity contribution in [3.8, 4) is 11.5 Å². The predicted molar refractivity (Wildman–Crippen MR) is 83.2 cm³/mol. The van der Waals surface area contributed by atoms with Crippen LogP contribution in [-0.2, 0) is 6.61 Å². The maximum Gasteiger partial charge on any atom is 0.335 e. The summed E-state index contributed by atoms with van der Waals surface area (Å²) in [5.74, 6) is 0.525. The van der Waals surface area contributed by atoms with E-state index in [1.54, 1.807) is 25.3 Å². The minimum Gasteiger partial charge on any atom is -0.497 e. The van der Waals surface area contributed by atoms with E-state index in [1.807, 2.05) is 25.1 Å². The molecule has 0 radical (unpaired) electrons. The molecule has 4 nitrogen and oxygen atoms in total. The molecular weight excluding hydrogens is 336 g/mol. The normalized spacial score (nSPS) is 10.2. The van der Waals surface area contributed by atoms with Crippen molar-refractivity contribution in [3.63, 3.8) is 0 Å². The SMILES string of the molecule is COc1ccc(OCc2ccc(C(=O)O)cc2C)c(Br)c1. The van der Waals surface area contributed by atoms with Crippen LogP contribution in [0.2, 0.25) is 0 Å². The van der Waals surface area contributed by atoms with Gasteiger partial charge in [-0.05, 0) is 64.3 Å². The molecule has 0 spiro atoms. The van der Waals surface area contributed by atoms with Gasteiger partial charge in [0.1, 0.15) is 18.1 Å². The van der Waals surface area contributed by atoms with Gasteiger partial charge < -0.3 is 14.6 Å². The smallest absolute Gasteiger partial charge is 0.335 e. The Morgan fingerprint density at radius 3 is 2.57 bits per heavy atom. The first-order chi connectivity index (χ1) is 10.0. The number of benzene rings is 2. The molecule has 0 heterocycles. The van der Waals surface area contributed by atoms with E-state index < -0.39 is 5.97 Å². The molecule has 0 aliphatic heterocycles. The number of rotatable bonds is 5. The van der Waals surface area contributed by atoms with E-state index in [1.165, 1.54) is 0 Å². The van der Waals surface area contributed by atoms with Gasteiger partial charge in [0.2, 0.25) is 0 Å². The quantitative estimate of drug-likeness (QED) is 0.883. The molecule has 0 fully saturated rings. The number of methoxy groups -OCH3 is 1. The number of carboxylic acid groups (broad SMARTS) is 1. The summed E-state index contributed by atoms with van der Waals surface area (Å²) in [4.78, 5) is 10.9. The van der Waals surface area contributed by atoms with Gasteiger partial charge in [0.25, 0.3) is 0 Å². The van der Waals surface area contributed by atoms with Crippen LogP contribution in [0.1, 0.15) is 21.5 Å². The van der Waals surface area contributed by atoms with Crippen molar-refractivity contribution in [1.29, 1.82) is 0 Å². The van der Waals surface area contributed by atoms with E-state index in [2.05, 4.69) is 15.9 Å². The predicted octanol–water partition coefficient (Wildman–Crippen LogP) is 4.04. The van der Waals surface area contributed by atoms with Crippen molar-refractivity contribution in [2.75, 3.05) is 7.11 Å². The molecule has 21 heavy (non-hydrogen) atoms. The molecule has 2 rings (SSSR count). The first-order valence-corrected chi connectivity index (χ1v) is 7.09. The lowest BCUT2D eigenvalue weighted by Gasteiger charge is -2.11. The minimum absolute atomic E-state index is 0.280.